The van der Waals surface area contributed by atoms with Gasteiger partial charge in [-0.05, 0) is 49.7 Å². The van der Waals surface area contributed by atoms with E-state index in [9.17, 15) is 14.7 Å². The van der Waals surface area contributed by atoms with Crippen molar-refractivity contribution in [3.8, 4) is 5.75 Å². The summed E-state index contributed by atoms with van der Waals surface area (Å²) in [6, 6.07) is 7.96. The minimum absolute atomic E-state index is 0.0207. The number of rotatable bonds is 5. The number of benzene rings is 1. The summed E-state index contributed by atoms with van der Waals surface area (Å²) in [7, 11) is 1.52. The number of likely N-dealkylation sites (tertiary alicyclic amines) is 1. The van der Waals surface area contributed by atoms with Gasteiger partial charge < -0.3 is 23.9 Å². The second kappa shape index (κ2) is 7.40. The summed E-state index contributed by atoms with van der Waals surface area (Å²) in [6.45, 7) is 4.22. The molecule has 1 fully saturated rings. The second-order valence-electron chi connectivity index (χ2n) is 7.39. The van der Waals surface area contributed by atoms with Crippen molar-refractivity contribution in [2.45, 2.75) is 32.4 Å². The van der Waals surface area contributed by atoms with E-state index in [4.69, 9.17) is 13.9 Å². The van der Waals surface area contributed by atoms with E-state index in [2.05, 4.69) is 0 Å². The molecule has 0 bridgehead atoms. The number of carbonyl (C=O) groups is 2. The maximum absolute atomic E-state index is 12.9. The molecule has 2 aromatic rings. The largest absolute Gasteiger partial charge is 0.507 e. The molecule has 1 N–H and O–H groups in total. The highest BCUT2D eigenvalue weighted by Crippen LogP contribution is 2.40. The minimum atomic E-state index is -0.803. The van der Waals surface area contributed by atoms with Gasteiger partial charge in [0.15, 0.2) is 0 Å². The molecule has 3 heterocycles. The van der Waals surface area contributed by atoms with Crippen LogP contribution in [-0.2, 0) is 20.7 Å². The standard InChI is InChI=1S/C22H23NO6/c1-12-4-6-17(28-12)19-18(21(25)22(26)23(19)8-9-27-3)20(24)14-5-7-16-15(11-14)10-13(2)29-16/h4-7,11,13,19,24H,8-10H2,1-3H3/t13-,19+/m1/s1. The number of nitrogens with zero attached hydrogens (tertiary/aromatic N) is 1. The molecule has 2 aliphatic rings. The lowest BCUT2D eigenvalue weighted by Crippen LogP contribution is -2.32. The number of Topliss-reactive ketones (excluding diaryl/α,β-unsaturated/α-hetero) is 1. The minimum Gasteiger partial charge on any atom is -0.507 e. The number of aliphatic hydroxyl groups is 1. The van der Waals surface area contributed by atoms with Crippen molar-refractivity contribution >= 4 is 17.4 Å². The van der Waals surface area contributed by atoms with Crippen molar-refractivity contribution < 1.29 is 28.6 Å². The average molecular weight is 397 g/mol. The lowest BCUT2D eigenvalue weighted by atomic mass is 9.97. The molecule has 152 valence electrons. The van der Waals surface area contributed by atoms with Gasteiger partial charge in [0, 0.05) is 25.6 Å². The van der Waals surface area contributed by atoms with Gasteiger partial charge in [-0.3, -0.25) is 9.59 Å². The first-order valence-corrected chi connectivity index (χ1v) is 9.54. The Morgan fingerprint density at radius 2 is 2.07 bits per heavy atom. The number of ketones is 1. The molecule has 29 heavy (non-hydrogen) atoms. The SMILES string of the molecule is COCCN1C(=O)C(=O)C(=C(O)c2ccc3c(c2)C[C@@H](C)O3)[C@@H]1c1ccc(C)o1. The van der Waals surface area contributed by atoms with Crippen molar-refractivity contribution in [2.75, 3.05) is 20.3 Å². The molecule has 1 saturated heterocycles. The molecule has 7 heteroatoms. The zero-order valence-electron chi connectivity index (χ0n) is 16.6. The van der Waals surface area contributed by atoms with E-state index >= 15 is 0 Å². The van der Waals surface area contributed by atoms with E-state index in [1.54, 1.807) is 37.3 Å². The molecule has 0 aliphatic carbocycles. The first kappa shape index (κ1) is 19.3. The third-order valence-corrected chi connectivity index (χ3v) is 5.28. The number of aliphatic hydroxyl groups excluding tert-OH is 1. The Labute approximate surface area is 168 Å². The van der Waals surface area contributed by atoms with Crippen LogP contribution >= 0.6 is 0 Å². The van der Waals surface area contributed by atoms with Gasteiger partial charge in [0.05, 0.1) is 12.2 Å². The van der Waals surface area contributed by atoms with Crippen LogP contribution < -0.4 is 4.74 Å². The lowest BCUT2D eigenvalue weighted by Gasteiger charge is -2.22. The highest BCUT2D eigenvalue weighted by molar-refractivity contribution is 6.46. The number of ether oxygens (including phenoxy) is 2. The molecule has 1 aromatic heterocycles. The number of methoxy groups -OCH3 is 1. The van der Waals surface area contributed by atoms with Crippen LogP contribution in [0.3, 0.4) is 0 Å². The first-order chi connectivity index (χ1) is 13.9. The Morgan fingerprint density at radius 3 is 2.76 bits per heavy atom. The highest BCUT2D eigenvalue weighted by Gasteiger charge is 2.47. The summed E-state index contributed by atoms with van der Waals surface area (Å²) in [5, 5.41) is 11.1. The lowest BCUT2D eigenvalue weighted by molar-refractivity contribution is -0.140. The van der Waals surface area contributed by atoms with Crippen LogP contribution in [0.2, 0.25) is 0 Å². The molecule has 2 aliphatic heterocycles. The summed E-state index contributed by atoms with van der Waals surface area (Å²) >= 11 is 0. The van der Waals surface area contributed by atoms with E-state index < -0.39 is 17.7 Å². The maximum Gasteiger partial charge on any atom is 0.295 e. The zero-order chi connectivity index (χ0) is 20.7. The van der Waals surface area contributed by atoms with Crippen LogP contribution in [0.4, 0.5) is 0 Å². The van der Waals surface area contributed by atoms with Gasteiger partial charge in [0.25, 0.3) is 11.7 Å². The fraction of sp³-hybridized carbons (Fsp3) is 0.364. The number of furan rings is 1. The van der Waals surface area contributed by atoms with Gasteiger partial charge in [-0.2, -0.15) is 0 Å². The summed E-state index contributed by atoms with van der Waals surface area (Å²) in [5.74, 6) is 0.222. The zero-order valence-corrected chi connectivity index (χ0v) is 16.6. The molecule has 7 nitrogen and oxygen atoms in total. The molecule has 0 unspecified atom stereocenters. The summed E-state index contributed by atoms with van der Waals surface area (Å²) in [4.78, 5) is 26.9. The number of hydrogen-bond donors (Lipinski definition) is 1. The molecular formula is C22H23NO6. The van der Waals surface area contributed by atoms with E-state index in [0.29, 0.717) is 17.1 Å². The van der Waals surface area contributed by atoms with Crippen molar-refractivity contribution in [3.63, 3.8) is 0 Å². The fourth-order valence-electron chi connectivity index (χ4n) is 3.92. The molecule has 0 spiro atoms. The Balaban J connectivity index is 1.81. The predicted octanol–water partition coefficient (Wildman–Crippen LogP) is 2.98. The van der Waals surface area contributed by atoms with Crippen LogP contribution in [0, 0.1) is 6.92 Å². The summed E-state index contributed by atoms with van der Waals surface area (Å²) in [5.41, 5.74) is 1.45. The van der Waals surface area contributed by atoms with Gasteiger partial charge in [-0.15, -0.1) is 0 Å². The van der Waals surface area contributed by atoms with E-state index in [1.807, 2.05) is 6.92 Å². The fourth-order valence-corrected chi connectivity index (χ4v) is 3.92. The number of carbonyl (C=O) groups excluding carboxylic acids is 2. The smallest absolute Gasteiger partial charge is 0.295 e. The third kappa shape index (κ3) is 3.31. The number of aryl methyl sites for hydroxylation is 1. The van der Waals surface area contributed by atoms with Crippen molar-refractivity contribution in [1.29, 1.82) is 0 Å². The van der Waals surface area contributed by atoms with Crippen LogP contribution in [0.5, 0.6) is 5.75 Å². The molecule has 2 atom stereocenters. The Kier molecular flexibility index (Phi) is 4.92. The monoisotopic (exact) mass is 397 g/mol. The Morgan fingerprint density at radius 1 is 1.28 bits per heavy atom. The number of hydrogen-bond acceptors (Lipinski definition) is 6. The van der Waals surface area contributed by atoms with Crippen LogP contribution in [0.15, 0.2) is 40.3 Å². The molecule has 0 saturated carbocycles. The van der Waals surface area contributed by atoms with Crippen molar-refractivity contribution in [2.24, 2.45) is 0 Å². The van der Waals surface area contributed by atoms with Gasteiger partial charge in [0.1, 0.15) is 35.2 Å². The molecule has 4 rings (SSSR count). The van der Waals surface area contributed by atoms with Crippen LogP contribution in [-0.4, -0.2) is 48.1 Å². The molecule has 1 amide bonds. The second-order valence-corrected chi connectivity index (χ2v) is 7.39. The quantitative estimate of drug-likeness (QED) is 0.474. The van der Waals surface area contributed by atoms with Crippen LogP contribution in [0.1, 0.15) is 35.6 Å². The Bertz CT molecular complexity index is 1000. The maximum atomic E-state index is 12.9. The number of fused-ring (bicyclic) bond motifs is 1. The van der Waals surface area contributed by atoms with Crippen LogP contribution in [0.25, 0.3) is 5.76 Å². The van der Waals surface area contributed by atoms with Gasteiger partial charge in [-0.1, -0.05) is 0 Å². The van der Waals surface area contributed by atoms with Crippen molar-refractivity contribution in [3.05, 3.63) is 58.6 Å². The number of amides is 1. The third-order valence-electron chi connectivity index (χ3n) is 5.28. The van der Waals surface area contributed by atoms with Gasteiger partial charge in [0.2, 0.25) is 0 Å². The average Bonchev–Trinajstić information content (AvgIpc) is 3.35. The molecular weight excluding hydrogens is 374 g/mol. The normalized spacial score (nSPS) is 22.8. The van der Waals surface area contributed by atoms with E-state index in [1.165, 1.54) is 12.0 Å². The topological polar surface area (TPSA) is 89.2 Å². The van der Waals surface area contributed by atoms with Gasteiger partial charge in [-0.25, -0.2) is 0 Å². The summed E-state index contributed by atoms with van der Waals surface area (Å²) in [6.07, 6.45) is 0.785. The van der Waals surface area contributed by atoms with Crippen molar-refractivity contribution in [1.82, 2.24) is 4.90 Å². The predicted molar refractivity (Wildman–Crippen MR) is 105 cm³/mol. The summed E-state index contributed by atoms with van der Waals surface area (Å²) < 4.78 is 16.5. The molecule has 0 radical (unpaired) electrons. The van der Waals surface area contributed by atoms with E-state index in [-0.39, 0.29) is 30.6 Å². The van der Waals surface area contributed by atoms with E-state index in [0.717, 1.165) is 17.7 Å². The highest BCUT2D eigenvalue weighted by atomic mass is 16.5. The Hall–Kier alpha value is -3.06. The van der Waals surface area contributed by atoms with Gasteiger partial charge >= 0.3 is 0 Å². The first-order valence-electron chi connectivity index (χ1n) is 9.54. The molecule has 1 aromatic carbocycles.